The molecule has 1 rings (SSSR count). The highest BCUT2D eigenvalue weighted by Gasteiger charge is 2.18. The summed E-state index contributed by atoms with van der Waals surface area (Å²) in [5.74, 6) is -0.907. The molecular formula is C15H19N3O3. The summed E-state index contributed by atoms with van der Waals surface area (Å²) in [6.45, 7) is 5.60. The second-order valence-electron chi connectivity index (χ2n) is 5.24. The largest absolute Gasteiger partial charge is 0.480 e. The van der Waals surface area contributed by atoms with Crippen LogP contribution in [-0.2, 0) is 4.79 Å². The molecule has 0 radical (unpaired) electrons. The van der Waals surface area contributed by atoms with Gasteiger partial charge in [-0.25, -0.2) is 4.79 Å². The third kappa shape index (κ3) is 5.15. The van der Waals surface area contributed by atoms with E-state index in [1.165, 1.54) is 4.90 Å². The number of anilines is 1. The van der Waals surface area contributed by atoms with Gasteiger partial charge in [-0.1, -0.05) is 19.9 Å². The number of carboxylic acid groups (broad SMARTS) is 1. The van der Waals surface area contributed by atoms with Crippen molar-refractivity contribution >= 4 is 17.7 Å². The molecule has 0 unspecified atom stereocenters. The lowest BCUT2D eigenvalue weighted by Crippen LogP contribution is -2.41. The minimum absolute atomic E-state index is 0.154. The number of rotatable bonds is 5. The molecule has 6 heteroatoms. The normalized spacial score (nSPS) is 10.0. The van der Waals surface area contributed by atoms with Gasteiger partial charge in [0.2, 0.25) is 0 Å². The van der Waals surface area contributed by atoms with Crippen molar-refractivity contribution in [3.63, 3.8) is 0 Å². The standard InChI is InChI=1S/C15H19N3O3/c1-10(2)8-18(9-14(19)20)15(21)17-13-6-12(7-16)5-4-11(13)3/h4-6,10H,8-9H2,1-3H3,(H,17,21)(H,19,20). The fraction of sp³-hybridized carbons (Fsp3) is 0.400. The quantitative estimate of drug-likeness (QED) is 0.870. The van der Waals surface area contributed by atoms with Gasteiger partial charge in [-0.3, -0.25) is 4.79 Å². The Morgan fingerprint density at radius 3 is 2.62 bits per heavy atom. The molecule has 1 aromatic carbocycles. The number of benzene rings is 1. The summed E-state index contributed by atoms with van der Waals surface area (Å²) in [6.07, 6.45) is 0. The second-order valence-corrected chi connectivity index (χ2v) is 5.24. The third-order valence-corrected chi connectivity index (χ3v) is 2.81. The van der Waals surface area contributed by atoms with Crippen molar-refractivity contribution in [3.05, 3.63) is 29.3 Å². The third-order valence-electron chi connectivity index (χ3n) is 2.81. The second kappa shape index (κ2) is 7.29. The van der Waals surface area contributed by atoms with Crippen molar-refractivity contribution in [3.8, 4) is 6.07 Å². The summed E-state index contributed by atoms with van der Waals surface area (Å²) in [7, 11) is 0. The highest BCUT2D eigenvalue weighted by molar-refractivity contribution is 5.92. The van der Waals surface area contributed by atoms with Crippen LogP contribution in [0.1, 0.15) is 25.0 Å². The summed E-state index contributed by atoms with van der Waals surface area (Å²) in [4.78, 5) is 24.3. The average molecular weight is 289 g/mol. The zero-order chi connectivity index (χ0) is 16.0. The van der Waals surface area contributed by atoms with E-state index in [0.29, 0.717) is 17.8 Å². The zero-order valence-electron chi connectivity index (χ0n) is 12.4. The van der Waals surface area contributed by atoms with Gasteiger partial charge in [0.25, 0.3) is 0 Å². The van der Waals surface area contributed by atoms with Gasteiger partial charge in [0.05, 0.1) is 11.6 Å². The van der Waals surface area contributed by atoms with Gasteiger partial charge >= 0.3 is 12.0 Å². The van der Waals surface area contributed by atoms with Crippen LogP contribution >= 0.6 is 0 Å². The van der Waals surface area contributed by atoms with Gasteiger partial charge in [-0.2, -0.15) is 5.26 Å². The van der Waals surface area contributed by atoms with E-state index in [4.69, 9.17) is 10.4 Å². The number of carbonyl (C=O) groups is 2. The molecule has 0 atom stereocenters. The van der Waals surface area contributed by atoms with Crippen molar-refractivity contribution in [2.45, 2.75) is 20.8 Å². The van der Waals surface area contributed by atoms with Crippen LogP contribution in [0.3, 0.4) is 0 Å². The number of amides is 2. The molecule has 0 aliphatic rings. The number of nitriles is 1. The van der Waals surface area contributed by atoms with Gasteiger partial charge in [0, 0.05) is 12.2 Å². The Morgan fingerprint density at radius 2 is 2.10 bits per heavy atom. The summed E-state index contributed by atoms with van der Waals surface area (Å²) in [5.41, 5.74) is 1.75. The Bertz CT molecular complexity index is 576. The lowest BCUT2D eigenvalue weighted by atomic mass is 10.1. The Morgan fingerprint density at radius 1 is 1.43 bits per heavy atom. The molecular weight excluding hydrogens is 270 g/mol. The Balaban J connectivity index is 2.90. The van der Waals surface area contributed by atoms with E-state index in [2.05, 4.69) is 5.32 Å². The molecule has 0 spiro atoms. The number of aryl methyl sites for hydroxylation is 1. The summed E-state index contributed by atoms with van der Waals surface area (Å²) >= 11 is 0. The number of hydrogen-bond donors (Lipinski definition) is 2. The smallest absolute Gasteiger partial charge is 0.323 e. The lowest BCUT2D eigenvalue weighted by molar-refractivity contribution is -0.137. The van der Waals surface area contributed by atoms with Crippen molar-refractivity contribution in [1.29, 1.82) is 5.26 Å². The van der Waals surface area contributed by atoms with Crippen LogP contribution in [0.5, 0.6) is 0 Å². The van der Waals surface area contributed by atoms with E-state index in [1.54, 1.807) is 25.1 Å². The molecule has 0 aliphatic carbocycles. The average Bonchev–Trinajstić information content (AvgIpc) is 2.39. The first-order valence-electron chi connectivity index (χ1n) is 6.62. The topological polar surface area (TPSA) is 93.4 Å². The molecule has 0 saturated carbocycles. The molecule has 0 heterocycles. The Kier molecular flexibility index (Phi) is 5.73. The molecule has 0 fully saturated rings. The fourth-order valence-corrected chi connectivity index (χ4v) is 1.84. The summed E-state index contributed by atoms with van der Waals surface area (Å²) < 4.78 is 0. The predicted octanol–water partition coefficient (Wildman–Crippen LogP) is 2.44. The van der Waals surface area contributed by atoms with Gasteiger partial charge in [-0.15, -0.1) is 0 Å². The molecule has 6 nitrogen and oxygen atoms in total. The molecule has 1 aromatic rings. The van der Waals surface area contributed by atoms with Crippen LogP contribution in [0.25, 0.3) is 0 Å². The van der Waals surface area contributed by atoms with Crippen molar-refractivity contribution in [1.82, 2.24) is 4.90 Å². The zero-order valence-corrected chi connectivity index (χ0v) is 12.4. The number of aliphatic carboxylic acids is 1. The first-order chi connectivity index (χ1) is 9.83. The van der Waals surface area contributed by atoms with Crippen LogP contribution < -0.4 is 5.32 Å². The van der Waals surface area contributed by atoms with E-state index >= 15 is 0 Å². The molecule has 2 N–H and O–H groups in total. The number of nitrogens with one attached hydrogen (secondary N) is 1. The maximum atomic E-state index is 12.2. The van der Waals surface area contributed by atoms with E-state index < -0.39 is 12.0 Å². The highest BCUT2D eigenvalue weighted by Crippen LogP contribution is 2.17. The van der Waals surface area contributed by atoms with Crippen LogP contribution in [-0.4, -0.2) is 35.1 Å². The SMILES string of the molecule is Cc1ccc(C#N)cc1NC(=O)N(CC(=O)O)CC(C)C. The van der Waals surface area contributed by atoms with Crippen LogP contribution in [0.2, 0.25) is 0 Å². The maximum Gasteiger partial charge on any atom is 0.323 e. The van der Waals surface area contributed by atoms with E-state index in [-0.39, 0.29) is 12.5 Å². The number of hydrogen-bond acceptors (Lipinski definition) is 3. The van der Waals surface area contributed by atoms with E-state index in [1.807, 2.05) is 19.9 Å². The van der Waals surface area contributed by atoms with E-state index in [9.17, 15) is 9.59 Å². The molecule has 21 heavy (non-hydrogen) atoms. The van der Waals surface area contributed by atoms with Gasteiger partial charge < -0.3 is 15.3 Å². The highest BCUT2D eigenvalue weighted by atomic mass is 16.4. The molecule has 2 amide bonds. The monoisotopic (exact) mass is 289 g/mol. The number of nitrogens with zero attached hydrogens (tertiary/aromatic N) is 2. The van der Waals surface area contributed by atoms with Crippen molar-refractivity contribution in [2.75, 3.05) is 18.4 Å². The van der Waals surface area contributed by atoms with Crippen molar-refractivity contribution in [2.24, 2.45) is 5.92 Å². The number of urea groups is 1. The fourth-order valence-electron chi connectivity index (χ4n) is 1.84. The summed E-state index contributed by atoms with van der Waals surface area (Å²) in [5, 5.41) is 20.4. The predicted molar refractivity (Wildman–Crippen MR) is 79.0 cm³/mol. The van der Waals surface area contributed by atoms with E-state index in [0.717, 1.165) is 5.56 Å². The molecule has 0 aromatic heterocycles. The molecule has 112 valence electrons. The number of carbonyl (C=O) groups excluding carboxylic acids is 1. The Hall–Kier alpha value is -2.55. The van der Waals surface area contributed by atoms with Crippen LogP contribution in [0.15, 0.2) is 18.2 Å². The minimum Gasteiger partial charge on any atom is -0.480 e. The molecule has 0 aliphatic heterocycles. The number of carboxylic acids is 1. The van der Waals surface area contributed by atoms with Crippen LogP contribution in [0, 0.1) is 24.2 Å². The Labute approximate surface area is 124 Å². The first-order valence-corrected chi connectivity index (χ1v) is 6.62. The van der Waals surface area contributed by atoms with Crippen LogP contribution in [0.4, 0.5) is 10.5 Å². The molecule has 0 bridgehead atoms. The minimum atomic E-state index is -1.06. The first kappa shape index (κ1) is 16.5. The van der Waals surface area contributed by atoms with Gasteiger partial charge in [0.15, 0.2) is 0 Å². The van der Waals surface area contributed by atoms with Gasteiger partial charge in [-0.05, 0) is 30.5 Å². The van der Waals surface area contributed by atoms with Gasteiger partial charge in [0.1, 0.15) is 6.54 Å². The molecule has 0 saturated heterocycles. The maximum absolute atomic E-state index is 12.2. The lowest BCUT2D eigenvalue weighted by Gasteiger charge is -2.23. The van der Waals surface area contributed by atoms with Crippen molar-refractivity contribution < 1.29 is 14.7 Å². The summed E-state index contributed by atoms with van der Waals surface area (Å²) in [6, 6.07) is 6.49.